The predicted octanol–water partition coefficient (Wildman–Crippen LogP) is 2.32. The number of esters is 2. The van der Waals surface area contributed by atoms with Crippen molar-refractivity contribution in [1.29, 1.82) is 0 Å². The summed E-state index contributed by atoms with van der Waals surface area (Å²) in [6.07, 6.45) is 1.03. The fourth-order valence-electron chi connectivity index (χ4n) is 3.05. The molecule has 1 N–H and O–H groups in total. The van der Waals surface area contributed by atoms with Crippen molar-refractivity contribution in [2.45, 2.75) is 59.8 Å². The third-order valence-electron chi connectivity index (χ3n) is 5.31. The quantitative estimate of drug-likeness (QED) is 0.231. The van der Waals surface area contributed by atoms with Crippen LogP contribution in [-0.4, -0.2) is 47.8 Å². The van der Waals surface area contributed by atoms with Gasteiger partial charge in [-0.05, 0) is 12.8 Å². The summed E-state index contributed by atoms with van der Waals surface area (Å²) in [5.74, 6) is -2.09. The van der Waals surface area contributed by atoms with E-state index in [1.807, 2.05) is 13.8 Å². The van der Waals surface area contributed by atoms with Gasteiger partial charge in [0.1, 0.15) is 6.23 Å². The lowest BCUT2D eigenvalue weighted by Crippen LogP contribution is -2.33. The fourth-order valence-corrected chi connectivity index (χ4v) is 3.99. The minimum atomic E-state index is -4.33. The van der Waals surface area contributed by atoms with Gasteiger partial charge < -0.3 is 14.2 Å². The molecule has 1 aromatic rings. The fraction of sp³-hybridized carbons (Fsp3) is 0.714. The number of aromatic nitrogens is 2. The Kier molecular flexibility index (Phi) is 10.8. The molecule has 2 heterocycles. The van der Waals surface area contributed by atoms with Crippen LogP contribution in [0.25, 0.3) is 0 Å². The van der Waals surface area contributed by atoms with Gasteiger partial charge in [0.05, 0.1) is 24.5 Å². The highest BCUT2D eigenvalue weighted by molar-refractivity contribution is 7.48. The zero-order valence-electron chi connectivity index (χ0n) is 20.5. The van der Waals surface area contributed by atoms with E-state index < -0.39 is 62.8 Å². The molecule has 1 aliphatic rings. The van der Waals surface area contributed by atoms with Gasteiger partial charge in [0.25, 0.3) is 5.56 Å². The largest absolute Gasteiger partial charge is 0.480 e. The molecule has 0 aliphatic carbocycles. The molecule has 1 aromatic heterocycles. The second-order valence-corrected chi connectivity index (χ2v) is 10.2. The first-order chi connectivity index (χ1) is 16.5. The Hall–Kier alpha value is -2.31. The molecule has 198 valence electrons. The average molecular weight is 520 g/mol. The Morgan fingerprint density at radius 2 is 1.77 bits per heavy atom. The first kappa shape index (κ1) is 28.9. The van der Waals surface area contributed by atoms with Crippen LogP contribution in [0, 0.1) is 17.8 Å². The third-order valence-corrected chi connectivity index (χ3v) is 6.62. The summed E-state index contributed by atoms with van der Waals surface area (Å²) < 4.78 is 45.5. The zero-order valence-corrected chi connectivity index (χ0v) is 21.4. The van der Waals surface area contributed by atoms with Crippen molar-refractivity contribution in [3.8, 4) is 0 Å². The van der Waals surface area contributed by atoms with Gasteiger partial charge in [0, 0.05) is 18.2 Å². The highest BCUT2D eigenvalue weighted by Crippen LogP contribution is 2.50. The Morgan fingerprint density at radius 3 is 2.34 bits per heavy atom. The first-order valence-electron chi connectivity index (χ1n) is 11.3. The second-order valence-electron chi connectivity index (χ2n) is 8.51. The summed E-state index contributed by atoms with van der Waals surface area (Å²) in [4.78, 5) is 49.1. The van der Waals surface area contributed by atoms with Crippen LogP contribution in [0.15, 0.2) is 21.9 Å². The summed E-state index contributed by atoms with van der Waals surface area (Å²) in [5.41, 5.74) is -1.15. The summed E-state index contributed by atoms with van der Waals surface area (Å²) in [6.45, 7) is 6.90. The molecule has 1 aliphatic heterocycles. The van der Waals surface area contributed by atoms with Gasteiger partial charge in [-0.15, -0.1) is 0 Å². The van der Waals surface area contributed by atoms with Gasteiger partial charge in [0.15, 0.2) is 0 Å². The van der Waals surface area contributed by atoms with Crippen molar-refractivity contribution in [2.24, 2.45) is 17.8 Å². The van der Waals surface area contributed by atoms with Crippen molar-refractivity contribution in [1.82, 2.24) is 9.55 Å². The van der Waals surface area contributed by atoms with Crippen molar-refractivity contribution >= 4 is 19.8 Å². The lowest BCUT2D eigenvalue weighted by atomic mass is 10.1. The minimum Gasteiger partial charge on any atom is -0.438 e. The summed E-state index contributed by atoms with van der Waals surface area (Å²) in [7, 11) is -4.33. The summed E-state index contributed by atoms with van der Waals surface area (Å²) in [6, 6.07) is 1.20. The van der Waals surface area contributed by atoms with Crippen LogP contribution in [0.1, 0.15) is 53.7 Å². The number of phosphoric ester groups is 1. The topological polar surface area (TPSA) is 161 Å². The van der Waals surface area contributed by atoms with Crippen molar-refractivity contribution in [3.05, 3.63) is 33.1 Å². The molecule has 0 bridgehead atoms. The molecule has 1 saturated heterocycles. The SMILES string of the molecule is CCC(C)C(=O)OCOP(=O)(OCOC(=O)C(C)C)OC[C@@H]1C[C@H](C)[C@H](n2ccc(=O)[nH]c2=O)O1. The number of aromatic amines is 1. The van der Waals surface area contributed by atoms with E-state index in [0.717, 1.165) is 0 Å². The number of H-pyrrole nitrogens is 1. The van der Waals surface area contributed by atoms with Crippen LogP contribution >= 0.6 is 7.82 Å². The highest BCUT2D eigenvalue weighted by atomic mass is 31.2. The number of carbonyl (C=O) groups is 2. The normalized spacial score (nSPS) is 22.5. The molecule has 0 radical (unpaired) electrons. The van der Waals surface area contributed by atoms with Gasteiger partial charge in [-0.2, -0.15) is 0 Å². The van der Waals surface area contributed by atoms with Crippen LogP contribution in [0.4, 0.5) is 0 Å². The van der Waals surface area contributed by atoms with Crippen LogP contribution in [-0.2, 0) is 41.9 Å². The lowest BCUT2D eigenvalue weighted by Gasteiger charge is -2.21. The van der Waals surface area contributed by atoms with E-state index in [4.69, 9.17) is 27.8 Å². The number of nitrogens with zero attached hydrogens (tertiary/aromatic N) is 1. The molecule has 0 aromatic carbocycles. The van der Waals surface area contributed by atoms with Gasteiger partial charge in [-0.3, -0.25) is 28.5 Å². The molecule has 0 spiro atoms. The van der Waals surface area contributed by atoms with E-state index in [1.54, 1.807) is 20.8 Å². The van der Waals surface area contributed by atoms with E-state index in [1.165, 1.54) is 16.8 Å². The van der Waals surface area contributed by atoms with E-state index >= 15 is 0 Å². The Labute approximate surface area is 202 Å². The van der Waals surface area contributed by atoms with Crippen LogP contribution < -0.4 is 11.2 Å². The molecule has 0 saturated carbocycles. The number of rotatable bonds is 13. The van der Waals surface area contributed by atoms with Crippen LogP contribution in [0.3, 0.4) is 0 Å². The number of phosphoric acid groups is 1. The van der Waals surface area contributed by atoms with Gasteiger partial charge in [-0.25, -0.2) is 18.4 Å². The number of ether oxygens (including phenoxy) is 3. The summed E-state index contributed by atoms with van der Waals surface area (Å²) >= 11 is 0. The van der Waals surface area contributed by atoms with Gasteiger partial charge in [0.2, 0.25) is 13.6 Å². The monoisotopic (exact) mass is 520 g/mol. The van der Waals surface area contributed by atoms with Crippen LogP contribution in [0.2, 0.25) is 0 Å². The maximum Gasteiger partial charge on any atom is 0.480 e. The number of carbonyl (C=O) groups excluding carboxylic acids is 2. The molecular weight excluding hydrogens is 487 g/mol. The van der Waals surface area contributed by atoms with Crippen LogP contribution in [0.5, 0.6) is 0 Å². The van der Waals surface area contributed by atoms with Crippen molar-refractivity contribution in [3.63, 3.8) is 0 Å². The standard InChI is InChI=1S/C21H33N2O11P/c1-6-14(4)20(26)30-12-33-35(28,32-11-29-19(25)13(2)3)31-10-16-9-15(5)18(34-16)23-8-7-17(24)22-21(23)27/h7-8,13-16,18H,6,9-12H2,1-5H3,(H,22,24,27)/t14?,15-,16-,18+,35?/m0/s1. The average Bonchev–Trinajstić information content (AvgIpc) is 3.17. The minimum absolute atomic E-state index is 0.142. The number of nitrogens with one attached hydrogen (secondary N) is 1. The Bertz CT molecular complexity index is 1020. The van der Waals surface area contributed by atoms with E-state index in [9.17, 15) is 23.7 Å². The smallest absolute Gasteiger partial charge is 0.438 e. The highest BCUT2D eigenvalue weighted by Gasteiger charge is 2.37. The molecule has 5 atom stereocenters. The molecular formula is C21H33N2O11P. The lowest BCUT2D eigenvalue weighted by molar-refractivity contribution is -0.158. The Morgan fingerprint density at radius 1 is 1.14 bits per heavy atom. The molecule has 13 nitrogen and oxygen atoms in total. The maximum absolute atomic E-state index is 13.1. The van der Waals surface area contributed by atoms with E-state index in [2.05, 4.69) is 4.98 Å². The van der Waals surface area contributed by atoms with Crippen molar-refractivity contribution in [2.75, 3.05) is 20.2 Å². The number of hydrogen-bond donors (Lipinski definition) is 1. The van der Waals surface area contributed by atoms with E-state index in [0.29, 0.717) is 12.8 Å². The van der Waals surface area contributed by atoms with Gasteiger partial charge >= 0.3 is 25.5 Å². The molecule has 2 unspecified atom stereocenters. The molecule has 14 heteroatoms. The second kappa shape index (κ2) is 13.1. The van der Waals surface area contributed by atoms with Crippen molar-refractivity contribution < 1.29 is 41.9 Å². The molecule has 0 amide bonds. The predicted molar refractivity (Wildman–Crippen MR) is 121 cm³/mol. The Balaban J connectivity index is 2.00. The molecule has 1 fully saturated rings. The maximum atomic E-state index is 13.1. The number of hydrogen-bond acceptors (Lipinski definition) is 11. The van der Waals surface area contributed by atoms with Gasteiger partial charge in [-0.1, -0.05) is 34.6 Å². The first-order valence-corrected chi connectivity index (χ1v) is 12.8. The molecule has 2 rings (SSSR count). The van der Waals surface area contributed by atoms with E-state index in [-0.39, 0.29) is 18.4 Å². The third kappa shape index (κ3) is 8.69. The summed E-state index contributed by atoms with van der Waals surface area (Å²) in [5, 5.41) is 0. The molecule has 35 heavy (non-hydrogen) atoms. The zero-order chi connectivity index (χ0) is 26.2.